The monoisotopic (exact) mass is 569 g/mol. The largest absolute Gasteiger partial charge is 0.364 e. The summed E-state index contributed by atoms with van der Waals surface area (Å²) in [6.45, 7) is 5.19. The molecule has 4 aromatic rings. The smallest absolute Gasteiger partial charge is 0.269 e. The number of carbonyl (C=O) groups is 3. The topological polar surface area (TPSA) is 128 Å². The van der Waals surface area contributed by atoms with E-state index in [0.29, 0.717) is 22.3 Å². The Hall–Kier alpha value is -5.06. The summed E-state index contributed by atoms with van der Waals surface area (Å²) in [6, 6.07) is 13.4. The number of halogens is 1. The standard InChI is InChI=1S/C31H32FN7O3/c1-4-8-20(5-2)21-11-12-25-23(15-21)29(30(33)41)36-38(25)18-28(40)37-17-22(32)16-27(37)31(42)35-24-9-6-7-10-26(24)39-19(3)13-14-34-39/h4-15,22,27H,16-18H2,1-3H3,(H2,33,41)(H,35,42)/t22-,27+/m1/s1. The minimum atomic E-state index is -1.36. The molecule has 0 spiro atoms. The number of alkyl halides is 1. The first kappa shape index (κ1) is 28.5. The number of likely N-dealkylation sites (tertiary alicyclic amines) is 1. The van der Waals surface area contributed by atoms with Crippen LogP contribution in [0, 0.1) is 6.92 Å². The van der Waals surface area contributed by atoms with Gasteiger partial charge in [-0.15, -0.1) is 0 Å². The van der Waals surface area contributed by atoms with Crippen molar-refractivity contribution < 1.29 is 18.8 Å². The fourth-order valence-electron chi connectivity index (χ4n) is 5.33. The van der Waals surface area contributed by atoms with E-state index in [2.05, 4.69) is 15.5 Å². The van der Waals surface area contributed by atoms with Gasteiger partial charge >= 0.3 is 0 Å². The second-order valence-electron chi connectivity index (χ2n) is 10.1. The Labute approximate surface area is 242 Å². The number of anilines is 1. The van der Waals surface area contributed by atoms with Gasteiger partial charge in [-0.1, -0.05) is 36.4 Å². The van der Waals surface area contributed by atoms with Crippen molar-refractivity contribution in [1.29, 1.82) is 0 Å². The minimum absolute atomic E-state index is 0.0280. The van der Waals surface area contributed by atoms with E-state index < -0.39 is 29.9 Å². The van der Waals surface area contributed by atoms with E-state index in [-0.39, 0.29) is 25.2 Å². The molecular weight excluding hydrogens is 537 g/mol. The number of hydrogen-bond donors (Lipinski definition) is 2. The molecule has 0 saturated carbocycles. The molecule has 5 rings (SSSR count). The summed E-state index contributed by atoms with van der Waals surface area (Å²) in [7, 11) is 0. The van der Waals surface area contributed by atoms with Crippen LogP contribution in [0.4, 0.5) is 10.1 Å². The maximum absolute atomic E-state index is 14.7. The maximum Gasteiger partial charge on any atom is 0.269 e. The zero-order chi connectivity index (χ0) is 30.0. The number of rotatable bonds is 8. The Balaban J connectivity index is 1.40. The predicted octanol–water partition coefficient (Wildman–Crippen LogP) is 4.19. The molecule has 216 valence electrons. The van der Waals surface area contributed by atoms with E-state index in [0.717, 1.165) is 16.8 Å². The third-order valence-electron chi connectivity index (χ3n) is 7.35. The lowest BCUT2D eigenvalue weighted by atomic mass is 10.0. The summed E-state index contributed by atoms with van der Waals surface area (Å²) < 4.78 is 17.7. The number of amides is 3. The quantitative estimate of drug-likeness (QED) is 0.308. The Morgan fingerprint density at radius 3 is 2.62 bits per heavy atom. The van der Waals surface area contributed by atoms with Gasteiger partial charge in [0.2, 0.25) is 11.8 Å². The summed E-state index contributed by atoms with van der Waals surface area (Å²) in [4.78, 5) is 40.4. The van der Waals surface area contributed by atoms with Gasteiger partial charge in [-0.3, -0.25) is 19.1 Å². The highest BCUT2D eigenvalue weighted by Gasteiger charge is 2.40. The normalized spacial score (nSPS) is 17.3. The second kappa shape index (κ2) is 11.8. The van der Waals surface area contributed by atoms with Crippen LogP contribution >= 0.6 is 0 Å². The molecule has 3 amide bonds. The van der Waals surface area contributed by atoms with Gasteiger partial charge in [-0.25, -0.2) is 9.07 Å². The molecule has 2 aromatic heterocycles. The Kier molecular flexibility index (Phi) is 8.01. The number of carbonyl (C=O) groups excluding carboxylic acids is 3. The molecule has 1 aliphatic heterocycles. The van der Waals surface area contributed by atoms with Crippen molar-refractivity contribution in [3.63, 3.8) is 0 Å². The van der Waals surface area contributed by atoms with Gasteiger partial charge in [0.25, 0.3) is 5.91 Å². The van der Waals surface area contributed by atoms with Crippen molar-refractivity contribution in [2.24, 2.45) is 5.73 Å². The zero-order valence-corrected chi connectivity index (χ0v) is 23.6. The summed E-state index contributed by atoms with van der Waals surface area (Å²) in [5.41, 5.74) is 10.00. The first-order valence-electron chi connectivity index (χ1n) is 13.7. The van der Waals surface area contributed by atoms with Gasteiger partial charge < -0.3 is 16.0 Å². The first-order valence-corrected chi connectivity index (χ1v) is 13.7. The van der Waals surface area contributed by atoms with E-state index in [1.54, 1.807) is 35.1 Å². The van der Waals surface area contributed by atoms with Crippen molar-refractivity contribution in [3.8, 4) is 5.69 Å². The van der Waals surface area contributed by atoms with Gasteiger partial charge in [0.1, 0.15) is 18.8 Å². The van der Waals surface area contributed by atoms with E-state index in [4.69, 9.17) is 5.73 Å². The fourth-order valence-corrected chi connectivity index (χ4v) is 5.33. The summed E-state index contributed by atoms with van der Waals surface area (Å²) in [5, 5.41) is 12.0. The van der Waals surface area contributed by atoms with Crippen LogP contribution in [-0.2, 0) is 16.1 Å². The number of allylic oxidation sites excluding steroid dienone is 4. The lowest BCUT2D eigenvalue weighted by molar-refractivity contribution is -0.137. The maximum atomic E-state index is 14.7. The minimum Gasteiger partial charge on any atom is -0.364 e. The predicted molar refractivity (Wildman–Crippen MR) is 159 cm³/mol. The van der Waals surface area contributed by atoms with Crippen LogP contribution in [0.5, 0.6) is 0 Å². The van der Waals surface area contributed by atoms with Gasteiger partial charge in [-0.05, 0) is 62.2 Å². The lowest BCUT2D eigenvalue weighted by Crippen LogP contribution is -2.44. The highest BCUT2D eigenvalue weighted by Crippen LogP contribution is 2.28. The van der Waals surface area contributed by atoms with Crippen LogP contribution in [0.15, 0.2) is 73.0 Å². The number of primary amides is 1. The molecule has 0 radical (unpaired) electrons. The van der Waals surface area contributed by atoms with E-state index in [1.807, 2.05) is 63.3 Å². The van der Waals surface area contributed by atoms with Crippen LogP contribution in [-0.4, -0.2) is 60.9 Å². The number of nitrogens with one attached hydrogen (secondary N) is 1. The van der Waals surface area contributed by atoms with Crippen molar-refractivity contribution in [2.45, 2.75) is 46.0 Å². The van der Waals surface area contributed by atoms with E-state index in [9.17, 15) is 18.8 Å². The van der Waals surface area contributed by atoms with Crippen molar-refractivity contribution in [3.05, 3.63) is 89.9 Å². The molecule has 1 aliphatic rings. The number of nitrogens with zero attached hydrogens (tertiary/aromatic N) is 5. The van der Waals surface area contributed by atoms with Crippen LogP contribution in [0.3, 0.4) is 0 Å². The molecule has 1 fully saturated rings. The number of nitrogens with two attached hydrogens (primary N) is 1. The van der Waals surface area contributed by atoms with Crippen LogP contribution in [0.2, 0.25) is 0 Å². The van der Waals surface area contributed by atoms with Crippen molar-refractivity contribution in [2.75, 3.05) is 11.9 Å². The average molecular weight is 570 g/mol. The zero-order valence-electron chi connectivity index (χ0n) is 23.6. The summed E-state index contributed by atoms with van der Waals surface area (Å²) in [6.07, 6.45) is 5.96. The number of aromatic nitrogens is 4. The number of para-hydroxylation sites is 2. The van der Waals surface area contributed by atoms with Crippen LogP contribution in [0.1, 0.15) is 42.0 Å². The molecule has 42 heavy (non-hydrogen) atoms. The van der Waals surface area contributed by atoms with Crippen molar-refractivity contribution >= 4 is 39.9 Å². The van der Waals surface area contributed by atoms with E-state index in [1.165, 1.54) is 9.58 Å². The average Bonchev–Trinajstić information content (AvgIpc) is 3.68. The highest BCUT2D eigenvalue weighted by atomic mass is 19.1. The SMILES string of the molecule is CC=CC(=CC)c1ccc2c(c1)c(C(N)=O)nn2CC(=O)N1C[C@H](F)C[C@H]1C(=O)Nc1ccccc1-n1nccc1C. The molecule has 0 aliphatic carbocycles. The number of benzene rings is 2. The summed E-state index contributed by atoms with van der Waals surface area (Å²) >= 11 is 0. The molecule has 0 unspecified atom stereocenters. The molecule has 3 heterocycles. The Bertz CT molecular complexity index is 1740. The van der Waals surface area contributed by atoms with Crippen LogP contribution < -0.4 is 11.1 Å². The lowest BCUT2D eigenvalue weighted by Gasteiger charge is -2.24. The molecule has 3 N–H and O–H groups in total. The van der Waals surface area contributed by atoms with Gasteiger partial charge in [-0.2, -0.15) is 10.2 Å². The molecule has 1 saturated heterocycles. The highest BCUT2D eigenvalue weighted by molar-refractivity contribution is 6.05. The number of fused-ring (bicyclic) bond motifs is 1. The number of aryl methyl sites for hydroxylation is 1. The molecular formula is C31H32FN7O3. The molecule has 10 nitrogen and oxygen atoms in total. The molecule has 2 aromatic carbocycles. The summed E-state index contributed by atoms with van der Waals surface area (Å²) in [5.74, 6) is -1.74. The van der Waals surface area contributed by atoms with Gasteiger partial charge in [0, 0.05) is 23.7 Å². The van der Waals surface area contributed by atoms with Gasteiger partial charge in [0.15, 0.2) is 5.69 Å². The Morgan fingerprint density at radius 1 is 1.14 bits per heavy atom. The Morgan fingerprint density at radius 2 is 1.93 bits per heavy atom. The number of hydrogen-bond acceptors (Lipinski definition) is 5. The molecule has 0 bridgehead atoms. The first-order chi connectivity index (χ1) is 20.2. The van der Waals surface area contributed by atoms with Crippen molar-refractivity contribution in [1.82, 2.24) is 24.5 Å². The fraction of sp³-hybridized carbons (Fsp3) is 0.258. The van der Waals surface area contributed by atoms with Gasteiger partial charge in [0.05, 0.1) is 23.4 Å². The molecule has 11 heteroatoms. The third kappa shape index (κ3) is 5.45. The molecule has 2 atom stereocenters. The third-order valence-corrected chi connectivity index (χ3v) is 7.35. The van der Waals surface area contributed by atoms with E-state index >= 15 is 0 Å². The second-order valence-corrected chi connectivity index (χ2v) is 10.1. The van der Waals surface area contributed by atoms with Crippen LogP contribution in [0.25, 0.3) is 22.2 Å².